The van der Waals surface area contributed by atoms with Crippen LogP contribution in [0.1, 0.15) is 245 Å². The largest absolute Gasteiger partial charge is 0.394 e. The molecular formula is C56H107NO13. The van der Waals surface area contributed by atoms with E-state index in [9.17, 15) is 45.6 Å². The third kappa shape index (κ3) is 29.0. The van der Waals surface area contributed by atoms with Gasteiger partial charge in [-0.05, 0) is 19.3 Å². The van der Waals surface area contributed by atoms with Gasteiger partial charge in [-0.1, -0.05) is 231 Å². The van der Waals surface area contributed by atoms with Crippen molar-refractivity contribution in [3.8, 4) is 0 Å². The van der Waals surface area contributed by atoms with E-state index in [0.717, 1.165) is 38.5 Å². The Hall–Kier alpha value is -1.27. The van der Waals surface area contributed by atoms with Crippen LogP contribution >= 0.6 is 0 Å². The maximum absolute atomic E-state index is 13.1. The quantitative estimate of drug-likeness (QED) is 0.0205. The minimum atomic E-state index is -1.78. The molecule has 0 bridgehead atoms. The van der Waals surface area contributed by atoms with Crippen LogP contribution in [0.25, 0.3) is 0 Å². The standard InChI is InChI=1S/C56H107NO13/c1-3-5-7-9-11-13-15-16-17-18-19-20-21-22-23-24-25-26-27-28-29-30-31-33-35-37-39-45(60)44(57-48(61)40-38-36-34-32-14-12-10-8-6-4-2)43-67-55-53(66)51(64)54(47(42-59)69-55)70-56-52(65)50(63)49(62)46(41-58)68-56/h37,39,44-47,49-56,58-60,62-66H,3-36,38,40-43H2,1-2H3,(H,57,61)/b39-37+. The molecule has 0 spiro atoms. The third-order valence-corrected chi connectivity index (χ3v) is 14.5. The molecule has 2 heterocycles. The van der Waals surface area contributed by atoms with Crippen molar-refractivity contribution < 1.29 is 64.6 Å². The van der Waals surface area contributed by atoms with Crippen molar-refractivity contribution in [2.24, 2.45) is 0 Å². The molecule has 14 nitrogen and oxygen atoms in total. The molecule has 70 heavy (non-hydrogen) atoms. The first-order chi connectivity index (χ1) is 34.1. The molecule has 2 rings (SSSR count). The van der Waals surface area contributed by atoms with E-state index in [1.165, 1.54) is 180 Å². The van der Waals surface area contributed by atoms with E-state index >= 15 is 0 Å². The molecule has 0 aromatic heterocycles. The molecule has 0 aromatic carbocycles. The first-order valence-corrected chi connectivity index (χ1v) is 28.9. The molecule has 2 saturated heterocycles. The Labute approximate surface area is 425 Å². The van der Waals surface area contributed by atoms with Gasteiger partial charge in [-0.15, -0.1) is 0 Å². The maximum Gasteiger partial charge on any atom is 0.220 e. The summed E-state index contributed by atoms with van der Waals surface area (Å²) in [6.45, 7) is 2.79. The monoisotopic (exact) mass is 1000 g/mol. The number of carbonyl (C=O) groups is 1. The Kier molecular flexibility index (Phi) is 39.9. The minimum Gasteiger partial charge on any atom is -0.394 e. The lowest BCUT2D eigenvalue weighted by Gasteiger charge is -2.46. The van der Waals surface area contributed by atoms with Crippen LogP contribution < -0.4 is 5.32 Å². The summed E-state index contributed by atoms with van der Waals surface area (Å²) < 4.78 is 22.7. The van der Waals surface area contributed by atoms with Crippen LogP contribution in [0.4, 0.5) is 0 Å². The first kappa shape index (κ1) is 64.8. The zero-order chi connectivity index (χ0) is 51.0. The molecule has 0 aromatic rings. The number of aliphatic hydroxyl groups is 8. The van der Waals surface area contributed by atoms with Crippen molar-refractivity contribution >= 4 is 5.91 Å². The van der Waals surface area contributed by atoms with Crippen LogP contribution in [0.2, 0.25) is 0 Å². The van der Waals surface area contributed by atoms with E-state index in [4.69, 9.17) is 18.9 Å². The molecule has 12 atom stereocenters. The number of hydrogen-bond acceptors (Lipinski definition) is 13. The summed E-state index contributed by atoms with van der Waals surface area (Å²) >= 11 is 0. The highest BCUT2D eigenvalue weighted by Crippen LogP contribution is 2.30. The average molecular weight is 1000 g/mol. The van der Waals surface area contributed by atoms with Gasteiger partial charge in [-0.25, -0.2) is 0 Å². The van der Waals surface area contributed by atoms with Crippen LogP contribution in [0, 0.1) is 0 Å². The Bertz CT molecular complexity index is 1230. The van der Waals surface area contributed by atoms with E-state index in [1.54, 1.807) is 6.08 Å². The highest BCUT2D eigenvalue weighted by Gasteiger charge is 2.51. The summed E-state index contributed by atoms with van der Waals surface area (Å²) in [7, 11) is 0. The van der Waals surface area contributed by atoms with Gasteiger partial charge in [-0.2, -0.15) is 0 Å². The van der Waals surface area contributed by atoms with Gasteiger partial charge in [0.1, 0.15) is 48.8 Å². The summed E-state index contributed by atoms with van der Waals surface area (Å²) in [6, 6.07) is -0.908. The van der Waals surface area contributed by atoms with Crippen LogP contribution in [0.15, 0.2) is 12.2 Å². The van der Waals surface area contributed by atoms with Crippen molar-refractivity contribution in [2.75, 3.05) is 19.8 Å². The predicted molar refractivity (Wildman–Crippen MR) is 277 cm³/mol. The number of nitrogens with one attached hydrogen (secondary N) is 1. The SMILES string of the molecule is CCCCCCCCCCCCCCCCCCCCCCCCCC/C=C/C(O)C(COC1OC(CO)C(OC2OC(CO)C(O)C(O)C2O)C(O)C1O)NC(=O)CCCCCCCCCCCC. The fourth-order valence-electron chi connectivity index (χ4n) is 9.76. The molecule has 0 radical (unpaired) electrons. The Morgan fingerprint density at radius 3 is 1.31 bits per heavy atom. The van der Waals surface area contributed by atoms with Crippen molar-refractivity contribution in [2.45, 2.75) is 319 Å². The molecule has 2 fully saturated rings. The normalized spacial score (nSPS) is 26.0. The van der Waals surface area contributed by atoms with E-state index < -0.39 is 86.8 Å². The maximum atomic E-state index is 13.1. The van der Waals surface area contributed by atoms with Gasteiger partial charge in [0, 0.05) is 6.42 Å². The lowest BCUT2D eigenvalue weighted by Crippen LogP contribution is -2.65. The smallest absolute Gasteiger partial charge is 0.220 e. The molecule has 1 amide bonds. The number of rotatable bonds is 46. The highest BCUT2D eigenvalue weighted by molar-refractivity contribution is 5.76. The predicted octanol–water partition coefficient (Wildman–Crippen LogP) is 9.11. The molecule has 12 unspecified atom stereocenters. The van der Waals surface area contributed by atoms with Crippen LogP contribution in [-0.2, 0) is 23.7 Å². The summed E-state index contributed by atoms with van der Waals surface area (Å²) in [5.74, 6) is -0.239. The summed E-state index contributed by atoms with van der Waals surface area (Å²) in [4.78, 5) is 13.1. The average Bonchev–Trinajstić information content (AvgIpc) is 3.36. The third-order valence-electron chi connectivity index (χ3n) is 14.5. The molecule has 2 aliphatic heterocycles. The number of hydrogen-bond donors (Lipinski definition) is 9. The van der Waals surface area contributed by atoms with Crippen molar-refractivity contribution in [3.63, 3.8) is 0 Å². The number of amides is 1. The lowest BCUT2D eigenvalue weighted by atomic mass is 9.97. The van der Waals surface area contributed by atoms with Crippen LogP contribution in [0.3, 0.4) is 0 Å². The van der Waals surface area contributed by atoms with Gasteiger partial charge in [0.15, 0.2) is 12.6 Å². The minimum absolute atomic E-state index is 0.239. The second kappa shape index (κ2) is 43.0. The molecule has 9 N–H and O–H groups in total. The molecule has 0 saturated carbocycles. The molecule has 14 heteroatoms. The fraction of sp³-hybridized carbons (Fsp3) is 0.946. The highest BCUT2D eigenvalue weighted by atomic mass is 16.7. The molecular weight excluding hydrogens is 895 g/mol. The molecule has 414 valence electrons. The fourth-order valence-corrected chi connectivity index (χ4v) is 9.76. The van der Waals surface area contributed by atoms with Crippen LogP contribution in [-0.4, -0.2) is 140 Å². The Morgan fingerprint density at radius 1 is 0.500 bits per heavy atom. The van der Waals surface area contributed by atoms with Crippen LogP contribution in [0.5, 0.6) is 0 Å². The van der Waals surface area contributed by atoms with Gasteiger partial charge in [0.25, 0.3) is 0 Å². The number of ether oxygens (including phenoxy) is 4. The second-order valence-electron chi connectivity index (χ2n) is 20.8. The summed E-state index contributed by atoms with van der Waals surface area (Å²) in [6.07, 6.45) is 31.3. The topological polar surface area (TPSA) is 228 Å². The first-order valence-electron chi connectivity index (χ1n) is 28.9. The van der Waals surface area contributed by atoms with Crippen molar-refractivity contribution in [1.82, 2.24) is 5.32 Å². The molecule has 0 aliphatic carbocycles. The second-order valence-corrected chi connectivity index (χ2v) is 20.8. The number of carbonyl (C=O) groups excluding carboxylic acids is 1. The van der Waals surface area contributed by atoms with Gasteiger partial charge in [0.05, 0.1) is 32.0 Å². The van der Waals surface area contributed by atoms with E-state index in [0.29, 0.717) is 6.42 Å². The Balaban J connectivity index is 1.71. The van der Waals surface area contributed by atoms with E-state index in [-0.39, 0.29) is 18.9 Å². The number of allylic oxidation sites excluding steroid dienone is 1. The van der Waals surface area contributed by atoms with Crippen molar-refractivity contribution in [1.29, 1.82) is 0 Å². The van der Waals surface area contributed by atoms with E-state index in [1.807, 2.05) is 6.08 Å². The zero-order valence-corrected chi connectivity index (χ0v) is 44.3. The zero-order valence-electron chi connectivity index (χ0n) is 44.3. The van der Waals surface area contributed by atoms with Gasteiger partial charge < -0.3 is 65.1 Å². The van der Waals surface area contributed by atoms with E-state index in [2.05, 4.69) is 19.2 Å². The van der Waals surface area contributed by atoms with Crippen molar-refractivity contribution in [3.05, 3.63) is 12.2 Å². The Morgan fingerprint density at radius 2 is 0.886 bits per heavy atom. The van der Waals surface area contributed by atoms with Gasteiger partial charge in [-0.3, -0.25) is 4.79 Å². The molecule has 2 aliphatic rings. The number of aliphatic hydroxyl groups excluding tert-OH is 8. The van der Waals surface area contributed by atoms with Gasteiger partial charge >= 0.3 is 0 Å². The van der Waals surface area contributed by atoms with Gasteiger partial charge in [0.2, 0.25) is 5.91 Å². The number of unbranched alkanes of at least 4 members (excludes halogenated alkanes) is 33. The summed E-state index contributed by atoms with van der Waals surface area (Å²) in [5, 5.41) is 86.8. The lowest BCUT2D eigenvalue weighted by molar-refractivity contribution is -0.359. The summed E-state index contributed by atoms with van der Waals surface area (Å²) in [5.41, 5.74) is 0.